The molecular formula is C24H27ClN2O4. The molecule has 2 amide bonds. The minimum absolute atomic E-state index is 0.178. The largest absolute Gasteiger partial charge is 0.496 e. The highest BCUT2D eigenvalue weighted by Gasteiger charge is 2.43. The number of hydrogen-bond acceptors (Lipinski definition) is 4. The molecule has 0 saturated carbocycles. The highest BCUT2D eigenvalue weighted by molar-refractivity contribution is 6.31. The molecule has 2 aromatic rings. The fourth-order valence-corrected chi connectivity index (χ4v) is 4.77. The van der Waals surface area contributed by atoms with Crippen molar-refractivity contribution in [1.29, 1.82) is 0 Å². The number of nitrogens with zero attached hydrogens (tertiary/aromatic N) is 1. The van der Waals surface area contributed by atoms with Gasteiger partial charge in [0.15, 0.2) is 0 Å². The molecule has 2 aliphatic heterocycles. The average molecular weight is 443 g/mol. The molecule has 1 N–H and O–H groups in total. The van der Waals surface area contributed by atoms with Crippen LogP contribution in [0.25, 0.3) is 0 Å². The summed E-state index contributed by atoms with van der Waals surface area (Å²) < 4.78 is 11.9. The maximum Gasteiger partial charge on any atom is 0.233 e. The predicted octanol–water partition coefficient (Wildman–Crippen LogP) is 4.08. The van der Waals surface area contributed by atoms with E-state index in [1.165, 1.54) is 5.56 Å². The molecule has 0 aliphatic carbocycles. The summed E-state index contributed by atoms with van der Waals surface area (Å²) >= 11 is 6.11. The van der Waals surface area contributed by atoms with Crippen LogP contribution in [-0.4, -0.2) is 43.5 Å². The van der Waals surface area contributed by atoms with Gasteiger partial charge in [-0.3, -0.25) is 9.59 Å². The van der Waals surface area contributed by atoms with Crippen LogP contribution in [0.5, 0.6) is 5.75 Å². The second kappa shape index (κ2) is 8.89. The molecule has 1 spiro atoms. The highest BCUT2D eigenvalue weighted by Crippen LogP contribution is 2.45. The van der Waals surface area contributed by atoms with Crippen LogP contribution in [0.1, 0.15) is 36.0 Å². The van der Waals surface area contributed by atoms with Crippen molar-refractivity contribution >= 4 is 29.1 Å². The van der Waals surface area contributed by atoms with Crippen LogP contribution in [0, 0.1) is 6.92 Å². The maximum absolute atomic E-state index is 12.8. The predicted molar refractivity (Wildman–Crippen MR) is 120 cm³/mol. The number of piperidine rings is 1. The molecule has 0 unspecified atom stereocenters. The summed E-state index contributed by atoms with van der Waals surface area (Å²) in [5.41, 5.74) is 3.35. The standard InChI is InChI=1S/C24H27ClN2O4/c1-16-18(25)6-4-7-19(16)26-21(28)15-22(29)27-12-10-24(11-13-27)23-17(9-14-31-24)5-3-8-20(23)30-2/h3-8H,9-15H2,1-2H3,(H,26,28). The number of benzene rings is 2. The smallest absolute Gasteiger partial charge is 0.233 e. The summed E-state index contributed by atoms with van der Waals surface area (Å²) in [5, 5.41) is 3.37. The van der Waals surface area contributed by atoms with Gasteiger partial charge in [-0.25, -0.2) is 0 Å². The number of carbonyl (C=O) groups is 2. The first-order valence-corrected chi connectivity index (χ1v) is 10.9. The molecule has 1 saturated heterocycles. The lowest BCUT2D eigenvalue weighted by Gasteiger charge is -2.45. The van der Waals surface area contributed by atoms with Gasteiger partial charge in [-0.2, -0.15) is 0 Å². The summed E-state index contributed by atoms with van der Waals surface area (Å²) in [7, 11) is 1.68. The molecule has 31 heavy (non-hydrogen) atoms. The zero-order chi connectivity index (χ0) is 22.0. The van der Waals surface area contributed by atoms with E-state index in [9.17, 15) is 9.59 Å². The van der Waals surface area contributed by atoms with Crippen molar-refractivity contribution in [2.45, 2.75) is 38.2 Å². The van der Waals surface area contributed by atoms with Gasteiger partial charge in [0.1, 0.15) is 17.8 Å². The number of rotatable bonds is 4. The minimum Gasteiger partial charge on any atom is -0.496 e. The van der Waals surface area contributed by atoms with Crippen molar-refractivity contribution in [2.24, 2.45) is 0 Å². The Morgan fingerprint density at radius 2 is 1.94 bits per heavy atom. The Hall–Kier alpha value is -2.57. The lowest BCUT2D eigenvalue weighted by molar-refractivity contribution is -0.142. The number of ether oxygens (including phenoxy) is 2. The summed E-state index contributed by atoms with van der Waals surface area (Å²) in [6.45, 7) is 3.58. The topological polar surface area (TPSA) is 67.9 Å². The van der Waals surface area contributed by atoms with E-state index in [2.05, 4.69) is 11.4 Å². The number of anilines is 1. The number of fused-ring (bicyclic) bond motifs is 2. The van der Waals surface area contributed by atoms with E-state index in [1.54, 1.807) is 30.2 Å². The number of likely N-dealkylation sites (tertiary alicyclic amines) is 1. The van der Waals surface area contributed by atoms with Crippen molar-refractivity contribution in [3.63, 3.8) is 0 Å². The second-order valence-corrected chi connectivity index (χ2v) is 8.51. The first-order valence-electron chi connectivity index (χ1n) is 10.6. The van der Waals surface area contributed by atoms with E-state index >= 15 is 0 Å². The fourth-order valence-electron chi connectivity index (χ4n) is 4.60. The third kappa shape index (κ3) is 4.27. The van der Waals surface area contributed by atoms with Crippen molar-refractivity contribution in [3.05, 3.63) is 58.1 Å². The van der Waals surface area contributed by atoms with Crippen molar-refractivity contribution in [3.8, 4) is 5.75 Å². The minimum atomic E-state index is -0.433. The third-order valence-electron chi connectivity index (χ3n) is 6.32. The molecule has 2 aromatic carbocycles. The van der Waals surface area contributed by atoms with Gasteiger partial charge in [-0.15, -0.1) is 0 Å². The number of carbonyl (C=O) groups excluding carboxylic acids is 2. The van der Waals surface area contributed by atoms with Crippen LogP contribution >= 0.6 is 11.6 Å². The Morgan fingerprint density at radius 3 is 2.68 bits per heavy atom. The quantitative estimate of drug-likeness (QED) is 0.724. The Kier molecular flexibility index (Phi) is 6.21. The molecule has 164 valence electrons. The fraction of sp³-hybridized carbons (Fsp3) is 0.417. The molecule has 7 heteroatoms. The molecular weight excluding hydrogens is 416 g/mol. The van der Waals surface area contributed by atoms with E-state index in [1.807, 2.05) is 19.1 Å². The summed E-state index contributed by atoms with van der Waals surface area (Å²) in [4.78, 5) is 26.9. The van der Waals surface area contributed by atoms with E-state index in [0.717, 1.165) is 23.3 Å². The van der Waals surface area contributed by atoms with Crippen LogP contribution in [0.2, 0.25) is 5.02 Å². The third-order valence-corrected chi connectivity index (χ3v) is 6.72. The SMILES string of the molecule is COc1cccc2c1C1(CCN(C(=O)CC(=O)Nc3cccc(Cl)c3C)CC1)OCC2. The van der Waals surface area contributed by atoms with Crippen LogP contribution in [0.3, 0.4) is 0 Å². The van der Waals surface area contributed by atoms with Crippen molar-refractivity contribution in [1.82, 2.24) is 4.90 Å². The van der Waals surface area contributed by atoms with Gasteiger partial charge in [0.2, 0.25) is 11.8 Å². The number of nitrogens with one attached hydrogen (secondary N) is 1. The molecule has 0 atom stereocenters. The Bertz CT molecular complexity index is 985. The number of halogens is 1. The normalized spacial score (nSPS) is 17.2. The molecule has 6 nitrogen and oxygen atoms in total. The number of amides is 2. The van der Waals surface area contributed by atoms with Crippen LogP contribution < -0.4 is 10.1 Å². The Morgan fingerprint density at radius 1 is 1.19 bits per heavy atom. The van der Waals surface area contributed by atoms with Gasteiger partial charge in [0.05, 0.1) is 13.7 Å². The lowest BCUT2D eigenvalue weighted by atomic mass is 9.78. The van der Waals surface area contributed by atoms with Gasteiger partial charge in [0.25, 0.3) is 0 Å². The Labute approximate surface area is 187 Å². The van der Waals surface area contributed by atoms with Gasteiger partial charge >= 0.3 is 0 Å². The van der Waals surface area contributed by atoms with E-state index in [-0.39, 0.29) is 18.2 Å². The van der Waals surface area contributed by atoms with Crippen LogP contribution in [0.4, 0.5) is 5.69 Å². The molecule has 1 fully saturated rings. The zero-order valence-corrected chi connectivity index (χ0v) is 18.6. The first kappa shape index (κ1) is 21.7. The maximum atomic E-state index is 12.8. The van der Waals surface area contributed by atoms with Crippen molar-refractivity contribution in [2.75, 3.05) is 32.1 Å². The summed E-state index contributed by atoms with van der Waals surface area (Å²) in [5.74, 6) is 0.327. The average Bonchev–Trinajstić information content (AvgIpc) is 2.77. The van der Waals surface area contributed by atoms with Crippen LogP contribution in [0.15, 0.2) is 36.4 Å². The number of hydrogen-bond donors (Lipinski definition) is 1. The van der Waals surface area contributed by atoms with E-state index in [0.29, 0.717) is 43.2 Å². The zero-order valence-electron chi connectivity index (χ0n) is 17.9. The van der Waals surface area contributed by atoms with Gasteiger partial charge < -0.3 is 19.7 Å². The molecule has 2 aliphatic rings. The van der Waals surface area contributed by atoms with Gasteiger partial charge in [-0.05, 0) is 55.5 Å². The van der Waals surface area contributed by atoms with Crippen molar-refractivity contribution < 1.29 is 19.1 Å². The van der Waals surface area contributed by atoms with E-state index in [4.69, 9.17) is 21.1 Å². The van der Waals surface area contributed by atoms with E-state index < -0.39 is 5.60 Å². The summed E-state index contributed by atoms with van der Waals surface area (Å²) in [6, 6.07) is 11.4. The number of methoxy groups -OCH3 is 1. The molecule has 0 bridgehead atoms. The molecule has 0 aromatic heterocycles. The van der Waals surface area contributed by atoms with Crippen LogP contribution in [-0.2, 0) is 26.3 Å². The molecule has 2 heterocycles. The van der Waals surface area contributed by atoms with Gasteiger partial charge in [-0.1, -0.05) is 29.8 Å². The monoisotopic (exact) mass is 442 g/mol. The Balaban J connectivity index is 1.40. The lowest BCUT2D eigenvalue weighted by Crippen LogP contribution is -2.49. The summed E-state index contributed by atoms with van der Waals surface area (Å²) in [6.07, 6.45) is 2.03. The highest BCUT2D eigenvalue weighted by atomic mass is 35.5. The van der Waals surface area contributed by atoms with Gasteiger partial charge in [0, 0.05) is 29.4 Å². The second-order valence-electron chi connectivity index (χ2n) is 8.11. The first-order chi connectivity index (χ1) is 14.9. The molecule has 4 rings (SSSR count). The molecule has 0 radical (unpaired) electrons.